The maximum absolute atomic E-state index is 11.7. The molecule has 15 heavy (non-hydrogen) atoms. The summed E-state index contributed by atoms with van der Waals surface area (Å²) in [5, 5.41) is 3.89. The fourth-order valence-electron chi connectivity index (χ4n) is 1.69. The van der Waals surface area contributed by atoms with Crippen molar-refractivity contribution in [3.8, 4) is 0 Å². The van der Waals surface area contributed by atoms with Gasteiger partial charge < -0.3 is 14.5 Å². The SMILES string of the molecule is CC(C)(C)OC(=O)N1CC2=NOCC2C1. The maximum atomic E-state index is 11.7. The molecule has 2 aliphatic heterocycles. The number of rotatable bonds is 0. The molecule has 0 aromatic carbocycles. The van der Waals surface area contributed by atoms with Gasteiger partial charge in [0.1, 0.15) is 12.2 Å². The van der Waals surface area contributed by atoms with Gasteiger partial charge in [-0.3, -0.25) is 0 Å². The minimum Gasteiger partial charge on any atom is -0.444 e. The van der Waals surface area contributed by atoms with Crippen LogP contribution in [0, 0.1) is 5.92 Å². The molecule has 5 nitrogen and oxygen atoms in total. The lowest BCUT2D eigenvalue weighted by Crippen LogP contribution is -2.36. The van der Waals surface area contributed by atoms with Crippen molar-refractivity contribution >= 4 is 11.8 Å². The van der Waals surface area contributed by atoms with Crippen LogP contribution in [0.3, 0.4) is 0 Å². The predicted molar refractivity (Wildman–Crippen MR) is 54.7 cm³/mol. The maximum Gasteiger partial charge on any atom is 0.410 e. The summed E-state index contributed by atoms with van der Waals surface area (Å²) in [6.07, 6.45) is -0.264. The molecule has 2 heterocycles. The van der Waals surface area contributed by atoms with Crippen molar-refractivity contribution < 1.29 is 14.4 Å². The van der Waals surface area contributed by atoms with E-state index in [1.165, 1.54) is 0 Å². The van der Waals surface area contributed by atoms with Crippen LogP contribution in [0.4, 0.5) is 4.79 Å². The zero-order valence-electron chi connectivity index (χ0n) is 9.32. The van der Waals surface area contributed by atoms with E-state index in [0.717, 1.165) is 5.71 Å². The van der Waals surface area contributed by atoms with Gasteiger partial charge in [-0.25, -0.2) is 4.79 Å². The molecule has 0 radical (unpaired) electrons. The number of likely N-dealkylation sites (tertiary alicyclic amines) is 1. The van der Waals surface area contributed by atoms with Crippen LogP contribution in [0.25, 0.3) is 0 Å². The monoisotopic (exact) mass is 212 g/mol. The number of amides is 1. The smallest absolute Gasteiger partial charge is 0.410 e. The van der Waals surface area contributed by atoms with Crippen molar-refractivity contribution in [2.45, 2.75) is 26.4 Å². The number of hydrogen-bond acceptors (Lipinski definition) is 4. The van der Waals surface area contributed by atoms with E-state index in [4.69, 9.17) is 9.57 Å². The lowest BCUT2D eigenvalue weighted by atomic mass is 10.1. The summed E-state index contributed by atoms with van der Waals surface area (Å²) in [6, 6.07) is 0. The van der Waals surface area contributed by atoms with Gasteiger partial charge in [-0.1, -0.05) is 5.16 Å². The van der Waals surface area contributed by atoms with Crippen LogP contribution in [-0.2, 0) is 9.57 Å². The standard InChI is InChI=1S/C10H16N2O3/c1-10(2,3)15-9(13)12-4-7-6-14-11-8(7)5-12/h7H,4-6H2,1-3H3. The largest absolute Gasteiger partial charge is 0.444 e. The summed E-state index contributed by atoms with van der Waals surface area (Å²) in [4.78, 5) is 18.3. The lowest BCUT2D eigenvalue weighted by Gasteiger charge is -2.24. The Morgan fingerprint density at radius 1 is 1.60 bits per heavy atom. The number of carbonyl (C=O) groups excluding carboxylic acids is 1. The first-order chi connectivity index (χ1) is 6.96. The van der Waals surface area contributed by atoms with E-state index in [2.05, 4.69) is 5.16 Å². The molecule has 2 rings (SSSR count). The van der Waals surface area contributed by atoms with Gasteiger partial charge in [0, 0.05) is 6.54 Å². The minimum atomic E-state index is -0.437. The summed E-state index contributed by atoms with van der Waals surface area (Å²) in [5.41, 5.74) is 0.522. The van der Waals surface area contributed by atoms with Crippen LogP contribution in [-0.4, -0.2) is 42.0 Å². The van der Waals surface area contributed by atoms with Crippen molar-refractivity contribution in [1.82, 2.24) is 4.90 Å². The Kier molecular flexibility index (Phi) is 2.32. The Labute approximate surface area is 89.0 Å². The van der Waals surface area contributed by atoms with Crippen LogP contribution < -0.4 is 0 Å². The van der Waals surface area contributed by atoms with Gasteiger partial charge in [0.15, 0.2) is 0 Å². The zero-order valence-corrected chi connectivity index (χ0v) is 9.32. The molecule has 0 aromatic rings. The molecular formula is C10H16N2O3. The van der Waals surface area contributed by atoms with Gasteiger partial charge in [0.25, 0.3) is 0 Å². The molecule has 0 spiro atoms. The summed E-state index contributed by atoms with van der Waals surface area (Å²) >= 11 is 0. The molecule has 2 aliphatic rings. The summed E-state index contributed by atoms with van der Waals surface area (Å²) in [5.74, 6) is 0.275. The molecule has 1 saturated heterocycles. The van der Waals surface area contributed by atoms with Crippen molar-refractivity contribution in [3.63, 3.8) is 0 Å². The van der Waals surface area contributed by atoms with Crippen LogP contribution in [0.2, 0.25) is 0 Å². The highest BCUT2D eigenvalue weighted by atomic mass is 16.6. The van der Waals surface area contributed by atoms with Crippen molar-refractivity contribution in [2.75, 3.05) is 19.7 Å². The van der Waals surface area contributed by atoms with E-state index < -0.39 is 5.60 Å². The van der Waals surface area contributed by atoms with Gasteiger partial charge in [0.2, 0.25) is 0 Å². The molecule has 0 aromatic heterocycles. The highest BCUT2D eigenvalue weighted by Gasteiger charge is 2.37. The fraction of sp³-hybridized carbons (Fsp3) is 0.800. The second-order valence-corrected chi connectivity index (χ2v) is 4.94. The average molecular weight is 212 g/mol. The van der Waals surface area contributed by atoms with Gasteiger partial charge >= 0.3 is 6.09 Å². The summed E-state index contributed by atoms with van der Waals surface area (Å²) in [6.45, 7) is 7.38. The first-order valence-electron chi connectivity index (χ1n) is 5.12. The molecular weight excluding hydrogens is 196 g/mol. The number of hydrogen-bond donors (Lipinski definition) is 0. The third-order valence-corrected chi connectivity index (χ3v) is 2.37. The number of nitrogens with zero attached hydrogens (tertiary/aromatic N) is 2. The predicted octanol–water partition coefficient (Wildman–Crippen LogP) is 1.24. The molecule has 1 amide bonds. The molecule has 84 valence electrons. The molecule has 1 atom stereocenters. The van der Waals surface area contributed by atoms with Gasteiger partial charge in [-0.15, -0.1) is 0 Å². The second-order valence-electron chi connectivity index (χ2n) is 4.94. The van der Waals surface area contributed by atoms with Gasteiger partial charge in [-0.2, -0.15) is 0 Å². The third-order valence-electron chi connectivity index (χ3n) is 2.37. The first kappa shape index (κ1) is 10.3. The quantitative estimate of drug-likeness (QED) is 0.607. The Hall–Kier alpha value is -1.26. The average Bonchev–Trinajstić information content (AvgIpc) is 2.56. The number of fused-ring (bicyclic) bond motifs is 1. The molecule has 5 heteroatoms. The van der Waals surface area contributed by atoms with Crippen molar-refractivity contribution in [2.24, 2.45) is 11.1 Å². The lowest BCUT2D eigenvalue weighted by molar-refractivity contribution is 0.0273. The van der Waals surface area contributed by atoms with Gasteiger partial charge in [-0.05, 0) is 20.8 Å². The molecule has 0 aliphatic carbocycles. The third kappa shape index (κ3) is 2.22. The number of ether oxygens (including phenoxy) is 1. The van der Waals surface area contributed by atoms with E-state index in [0.29, 0.717) is 19.7 Å². The Bertz CT molecular complexity index is 306. The van der Waals surface area contributed by atoms with E-state index in [1.54, 1.807) is 4.90 Å². The number of oxime groups is 1. The van der Waals surface area contributed by atoms with Crippen LogP contribution >= 0.6 is 0 Å². The highest BCUT2D eigenvalue weighted by molar-refractivity contribution is 5.94. The molecule has 0 N–H and O–H groups in total. The van der Waals surface area contributed by atoms with Crippen LogP contribution in [0.1, 0.15) is 20.8 Å². The molecule has 0 saturated carbocycles. The first-order valence-corrected chi connectivity index (χ1v) is 5.12. The van der Waals surface area contributed by atoms with Crippen molar-refractivity contribution in [3.05, 3.63) is 0 Å². The Morgan fingerprint density at radius 3 is 2.93 bits per heavy atom. The Morgan fingerprint density at radius 2 is 2.33 bits per heavy atom. The van der Waals surface area contributed by atoms with E-state index in [9.17, 15) is 4.79 Å². The minimum absolute atomic E-state index is 0.264. The van der Waals surface area contributed by atoms with Gasteiger partial charge in [0.05, 0.1) is 18.2 Å². The highest BCUT2D eigenvalue weighted by Crippen LogP contribution is 2.21. The fourth-order valence-corrected chi connectivity index (χ4v) is 1.69. The van der Waals surface area contributed by atoms with E-state index >= 15 is 0 Å². The van der Waals surface area contributed by atoms with E-state index in [1.807, 2.05) is 20.8 Å². The molecule has 1 fully saturated rings. The van der Waals surface area contributed by atoms with E-state index in [-0.39, 0.29) is 12.0 Å². The van der Waals surface area contributed by atoms with Crippen molar-refractivity contribution in [1.29, 1.82) is 0 Å². The molecule has 1 unspecified atom stereocenters. The van der Waals surface area contributed by atoms with Crippen LogP contribution in [0.15, 0.2) is 5.16 Å². The molecule has 0 bridgehead atoms. The zero-order chi connectivity index (χ0) is 11.1. The normalized spacial score (nSPS) is 24.6. The van der Waals surface area contributed by atoms with Crippen LogP contribution in [0.5, 0.6) is 0 Å². The second kappa shape index (κ2) is 3.40. The Balaban J connectivity index is 1.94. The number of carbonyl (C=O) groups is 1. The summed E-state index contributed by atoms with van der Waals surface area (Å²) < 4.78 is 5.28. The topological polar surface area (TPSA) is 51.1 Å². The summed E-state index contributed by atoms with van der Waals surface area (Å²) in [7, 11) is 0.